The van der Waals surface area contributed by atoms with Crippen LogP contribution in [0.2, 0.25) is 0 Å². The number of carboxylic acids is 1. The summed E-state index contributed by atoms with van der Waals surface area (Å²) in [6.45, 7) is 9.36. The number of nitrogens with zero attached hydrogens (tertiary/aromatic N) is 2. The van der Waals surface area contributed by atoms with Crippen LogP contribution in [0, 0.1) is 0 Å². The number of thioether (sulfide) groups is 1. The van der Waals surface area contributed by atoms with Crippen LogP contribution in [0.15, 0.2) is 47.2 Å². The summed E-state index contributed by atoms with van der Waals surface area (Å²) in [5, 5.41) is 8.68. The van der Waals surface area contributed by atoms with Gasteiger partial charge in [-0.2, -0.15) is 17.6 Å². The van der Waals surface area contributed by atoms with Gasteiger partial charge in [0.25, 0.3) is 0 Å². The summed E-state index contributed by atoms with van der Waals surface area (Å²) in [5.41, 5.74) is 0.927. The number of carboxylic acid groups (broad SMARTS) is 1. The second-order valence-corrected chi connectivity index (χ2v) is 9.15. The zero-order valence-electron chi connectivity index (χ0n) is 19.0. The molecule has 0 bridgehead atoms. The van der Waals surface area contributed by atoms with E-state index >= 15 is 0 Å². The molecule has 1 aliphatic rings. The van der Waals surface area contributed by atoms with E-state index in [2.05, 4.69) is 18.1 Å². The van der Waals surface area contributed by atoms with Crippen LogP contribution in [-0.2, 0) is 4.79 Å². The van der Waals surface area contributed by atoms with E-state index in [0.29, 0.717) is 29.9 Å². The molecule has 1 aliphatic heterocycles. The number of hydrogen-bond donors (Lipinski definition) is 1. The van der Waals surface area contributed by atoms with Gasteiger partial charge < -0.3 is 14.7 Å². The Morgan fingerprint density at radius 2 is 2.06 bits per heavy atom. The molecule has 0 saturated heterocycles. The number of alkyl halides is 3. The van der Waals surface area contributed by atoms with Crippen LogP contribution in [-0.4, -0.2) is 54.0 Å². The molecule has 0 spiro atoms. The zero-order chi connectivity index (χ0) is 25.2. The fraction of sp³-hybridized carbons (Fsp3) is 0.500. The number of anilines is 1. The second kappa shape index (κ2) is 13.8. The molecule has 1 heterocycles. The Balaban J connectivity index is 0.00000265. The van der Waals surface area contributed by atoms with Crippen molar-refractivity contribution in [2.45, 2.75) is 54.6 Å². The lowest BCUT2D eigenvalue weighted by Crippen LogP contribution is -2.38. The van der Waals surface area contributed by atoms with Crippen molar-refractivity contribution in [3.05, 3.63) is 37.4 Å². The molecule has 1 aromatic carbocycles. The minimum Gasteiger partial charge on any atom is -0.476 e. The van der Waals surface area contributed by atoms with Gasteiger partial charge in [-0.3, -0.25) is 0 Å². The maximum Gasteiger partial charge on any atom is 0.389 e. The quantitative estimate of drug-likeness (QED) is 0.0984. The molecule has 2 rings (SSSR count). The first-order valence-electron chi connectivity index (χ1n) is 10.3. The maximum atomic E-state index is 13.4. The van der Waals surface area contributed by atoms with Gasteiger partial charge in [-0.25, -0.2) is 9.10 Å². The Morgan fingerprint density at radius 3 is 2.61 bits per heavy atom. The molecule has 1 atom stereocenters. The minimum atomic E-state index is -4.17. The third-order valence-electron chi connectivity index (χ3n) is 4.76. The van der Waals surface area contributed by atoms with Crippen LogP contribution < -0.4 is 9.64 Å². The van der Waals surface area contributed by atoms with Gasteiger partial charge in [0.05, 0.1) is 15.5 Å². The maximum absolute atomic E-state index is 13.4. The molecular weight excluding hydrogens is 480 g/mol. The molecule has 1 unspecified atom stereocenters. The van der Waals surface area contributed by atoms with Gasteiger partial charge in [-0.05, 0) is 56.6 Å². The van der Waals surface area contributed by atoms with Crippen molar-refractivity contribution in [1.29, 1.82) is 0 Å². The van der Waals surface area contributed by atoms with Gasteiger partial charge in [0.1, 0.15) is 12.0 Å². The highest BCUT2D eigenvalue weighted by Gasteiger charge is 2.30. The molecule has 1 N–H and O–H groups in total. The molecule has 0 saturated carbocycles. The first-order chi connectivity index (χ1) is 15.6. The Bertz CT molecular complexity index is 822. The van der Waals surface area contributed by atoms with Crippen LogP contribution in [0.3, 0.4) is 0 Å². The van der Waals surface area contributed by atoms with Crippen LogP contribution in [0.5, 0.6) is 5.75 Å². The highest BCUT2D eigenvalue weighted by Crippen LogP contribution is 2.44. The van der Waals surface area contributed by atoms with Gasteiger partial charge in [0.2, 0.25) is 5.83 Å². The average molecular weight is 511 g/mol. The van der Waals surface area contributed by atoms with E-state index in [1.807, 2.05) is 30.6 Å². The van der Waals surface area contributed by atoms with Gasteiger partial charge in [-0.1, -0.05) is 6.92 Å². The van der Waals surface area contributed by atoms with E-state index in [0.717, 1.165) is 23.5 Å². The lowest BCUT2D eigenvalue weighted by Gasteiger charge is -2.30. The molecule has 0 fully saturated rings. The number of rotatable bonds is 9. The highest BCUT2D eigenvalue weighted by atomic mass is 32.2. The highest BCUT2D eigenvalue weighted by molar-refractivity contribution is 7.98. The summed E-state index contributed by atoms with van der Waals surface area (Å²) in [6, 6.07) is 3.53. The number of benzene rings is 1. The lowest BCUT2D eigenvalue weighted by atomic mass is 10.1. The van der Waals surface area contributed by atoms with Gasteiger partial charge in [-0.15, -0.1) is 24.9 Å². The first kappa shape index (κ1) is 29.2. The Kier molecular flexibility index (Phi) is 12.2. The van der Waals surface area contributed by atoms with Gasteiger partial charge >= 0.3 is 12.1 Å². The molecule has 186 valence electrons. The minimum absolute atomic E-state index is 0.0546. The van der Waals surface area contributed by atoms with Crippen molar-refractivity contribution in [3.63, 3.8) is 0 Å². The van der Waals surface area contributed by atoms with E-state index in [4.69, 9.17) is 9.84 Å². The largest absolute Gasteiger partial charge is 0.476 e. The number of ether oxygens (including phenoxy) is 1. The summed E-state index contributed by atoms with van der Waals surface area (Å²) in [7, 11) is 1.84. The molecule has 0 amide bonds. The van der Waals surface area contributed by atoms with Gasteiger partial charge in [0, 0.05) is 25.6 Å². The van der Waals surface area contributed by atoms with E-state index in [-0.39, 0.29) is 12.5 Å². The van der Waals surface area contributed by atoms with E-state index in [9.17, 15) is 22.4 Å². The van der Waals surface area contributed by atoms with Crippen molar-refractivity contribution < 1.29 is 32.2 Å². The Hall–Kier alpha value is -1.85. The van der Waals surface area contributed by atoms with Crippen molar-refractivity contribution in [3.8, 4) is 5.75 Å². The molecule has 0 aromatic heterocycles. The Labute approximate surface area is 201 Å². The molecule has 1 aromatic rings. The lowest BCUT2D eigenvalue weighted by molar-refractivity contribution is -0.136. The van der Waals surface area contributed by atoms with Crippen LogP contribution in [0.4, 0.5) is 23.2 Å². The summed E-state index contributed by atoms with van der Waals surface area (Å²) in [6.07, 6.45) is -1.27. The van der Waals surface area contributed by atoms with Crippen LogP contribution in [0.1, 0.15) is 32.6 Å². The predicted octanol–water partition coefficient (Wildman–Crippen LogP) is 6.76. The van der Waals surface area contributed by atoms with Gasteiger partial charge in [0.15, 0.2) is 0 Å². The summed E-state index contributed by atoms with van der Waals surface area (Å²) in [4.78, 5) is 14.3. The smallest absolute Gasteiger partial charge is 0.389 e. The molecule has 0 radical (unpaired) electrons. The zero-order valence-corrected chi connectivity index (χ0v) is 20.6. The molecule has 5 nitrogen and oxygen atoms in total. The Morgan fingerprint density at radius 1 is 1.39 bits per heavy atom. The third-order valence-corrected chi connectivity index (χ3v) is 6.63. The normalized spacial score (nSPS) is 17.0. The van der Waals surface area contributed by atoms with Crippen molar-refractivity contribution in [2.75, 3.05) is 31.3 Å². The second-order valence-electron chi connectivity index (χ2n) is 7.10. The summed E-state index contributed by atoms with van der Waals surface area (Å²) >= 11 is 2.77. The van der Waals surface area contributed by atoms with Crippen molar-refractivity contribution >= 4 is 35.4 Å². The summed E-state index contributed by atoms with van der Waals surface area (Å²) < 4.78 is 58.4. The number of carbonyl (C=O) groups is 1. The summed E-state index contributed by atoms with van der Waals surface area (Å²) in [5.74, 6) is -2.81. The fourth-order valence-corrected chi connectivity index (χ4v) is 4.87. The average Bonchev–Trinajstić information content (AvgIpc) is 2.88. The van der Waals surface area contributed by atoms with Crippen LogP contribution in [0.25, 0.3) is 0 Å². The standard InChI is InChI=1S/C20H26F4N2O3S2.C2H4/c1-4-8-26-11-13(6-5-7-20(22,23)24)25(2)31-17-10-16(18(30-3)9-15(17)26)29-12-14(21)19(27)28;1-2/h9-10,12-13H,4-8,11H2,1-3H3,(H,27,28);1-2H2/b14-12-;. The molecule has 0 aliphatic carbocycles. The number of hydrogen-bond acceptors (Lipinski definition) is 6. The topological polar surface area (TPSA) is 53.0 Å². The monoisotopic (exact) mass is 510 g/mol. The number of likely N-dealkylation sites (N-methyl/N-ethyl adjacent to an activating group) is 1. The first-order valence-corrected chi connectivity index (χ1v) is 12.3. The number of halogens is 4. The van der Waals surface area contributed by atoms with Crippen LogP contribution >= 0.6 is 23.7 Å². The predicted molar refractivity (Wildman–Crippen MR) is 127 cm³/mol. The molecular formula is C22H30F4N2O3S2. The van der Waals surface area contributed by atoms with Crippen molar-refractivity contribution in [1.82, 2.24) is 4.31 Å². The fourth-order valence-electron chi connectivity index (χ4n) is 3.26. The van der Waals surface area contributed by atoms with E-state index in [1.54, 1.807) is 6.07 Å². The number of fused-ring (bicyclic) bond motifs is 1. The van der Waals surface area contributed by atoms with Crippen molar-refractivity contribution in [2.24, 2.45) is 0 Å². The molecule has 11 heteroatoms. The SMILES string of the molecule is C=C.CCCN1CC(CCCC(F)(F)F)N(C)Sc2cc(O/C=C(\F)C(=O)O)c(SC)cc21. The van der Waals surface area contributed by atoms with E-state index < -0.39 is 24.4 Å². The third kappa shape index (κ3) is 9.13. The van der Waals surface area contributed by atoms with E-state index in [1.165, 1.54) is 23.7 Å². The number of aliphatic carboxylic acids is 1. The molecule has 33 heavy (non-hydrogen) atoms.